The fourth-order valence-electron chi connectivity index (χ4n) is 2.63. The lowest BCUT2D eigenvalue weighted by Crippen LogP contribution is -2.35. The number of methoxy groups -OCH3 is 1. The summed E-state index contributed by atoms with van der Waals surface area (Å²) in [4.78, 5) is 11.3. The van der Waals surface area contributed by atoms with Gasteiger partial charge in [0.1, 0.15) is 10.6 Å². The molecule has 1 saturated heterocycles. The van der Waals surface area contributed by atoms with Crippen molar-refractivity contribution in [2.45, 2.75) is 24.7 Å². The van der Waals surface area contributed by atoms with E-state index in [2.05, 4.69) is 0 Å². The van der Waals surface area contributed by atoms with Crippen molar-refractivity contribution in [3.8, 4) is 5.75 Å². The number of sulfonamides is 1. The molecule has 2 rings (SSSR count). The number of aliphatic carboxylic acids is 1. The predicted molar refractivity (Wildman–Crippen MR) is 92.6 cm³/mol. The van der Waals surface area contributed by atoms with Gasteiger partial charge in [0.05, 0.1) is 12.0 Å². The van der Waals surface area contributed by atoms with E-state index in [1.807, 2.05) is 0 Å². The topological polar surface area (TPSA) is 93.1 Å². The minimum absolute atomic E-state index is 0.0490. The standard InChI is InChI=1S/C16H22ClNO6S/c1-16(15(19)20)6-7-18(11-16)25(21,22)14-10-12(17)4-5-13(14)24-9-3-8-23-2/h4-5,10H,3,6-9,11H2,1-2H3,(H,19,20). The number of nitrogens with zero attached hydrogens (tertiary/aromatic N) is 1. The third-order valence-electron chi connectivity index (χ3n) is 4.23. The van der Waals surface area contributed by atoms with E-state index in [1.54, 1.807) is 20.1 Å². The Labute approximate surface area is 152 Å². The van der Waals surface area contributed by atoms with Gasteiger partial charge in [-0.2, -0.15) is 4.31 Å². The summed E-state index contributed by atoms with van der Waals surface area (Å²) in [5, 5.41) is 9.58. The average Bonchev–Trinajstić information content (AvgIpc) is 2.97. The van der Waals surface area contributed by atoms with Crippen LogP contribution in [-0.4, -0.2) is 57.2 Å². The summed E-state index contributed by atoms with van der Waals surface area (Å²) in [5.74, 6) is -0.809. The van der Waals surface area contributed by atoms with E-state index >= 15 is 0 Å². The Balaban J connectivity index is 2.26. The summed E-state index contributed by atoms with van der Waals surface area (Å²) >= 11 is 5.97. The van der Waals surface area contributed by atoms with Gasteiger partial charge in [0.2, 0.25) is 10.0 Å². The molecule has 7 nitrogen and oxygen atoms in total. The lowest BCUT2D eigenvalue weighted by molar-refractivity contribution is -0.146. The molecule has 25 heavy (non-hydrogen) atoms. The molecule has 0 spiro atoms. The van der Waals surface area contributed by atoms with Crippen molar-refractivity contribution in [1.82, 2.24) is 4.31 Å². The minimum Gasteiger partial charge on any atom is -0.492 e. The van der Waals surface area contributed by atoms with Gasteiger partial charge >= 0.3 is 5.97 Å². The Morgan fingerprint density at radius 3 is 2.72 bits per heavy atom. The van der Waals surface area contributed by atoms with E-state index in [1.165, 1.54) is 16.4 Å². The summed E-state index contributed by atoms with van der Waals surface area (Å²) in [6.45, 7) is 2.40. The number of halogens is 1. The Bertz CT molecular complexity index is 738. The molecule has 140 valence electrons. The minimum atomic E-state index is -3.91. The van der Waals surface area contributed by atoms with Crippen LogP contribution in [0.2, 0.25) is 5.02 Å². The van der Waals surface area contributed by atoms with Crippen molar-refractivity contribution in [2.24, 2.45) is 5.41 Å². The zero-order valence-corrected chi connectivity index (χ0v) is 15.8. The van der Waals surface area contributed by atoms with Gasteiger partial charge in [0.25, 0.3) is 0 Å². The maximum Gasteiger partial charge on any atom is 0.310 e. The molecule has 0 bridgehead atoms. The second-order valence-corrected chi connectivity index (χ2v) is 8.58. The number of benzene rings is 1. The molecule has 0 amide bonds. The van der Waals surface area contributed by atoms with E-state index in [4.69, 9.17) is 21.1 Å². The van der Waals surface area contributed by atoms with Crippen LogP contribution >= 0.6 is 11.6 Å². The van der Waals surface area contributed by atoms with Crippen LogP contribution in [0.5, 0.6) is 5.75 Å². The van der Waals surface area contributed by atoms with Crippen LogP contribution in [0.4, 0.5) is 0 Å². The summed E-state index contributed by atoms with van der Waals surface area (Å²) in [5.41, 5.74) is -1.09. The van der Waals surface area contributed by atoms with Crippen molar-refractivity contribution < 1.29 is 27.8 Å². The van der Waals surface area contributed by atoms with Gasteiger partial charge in [-0.3, -0.25) is 4.79 Å². The molecule has 1 aliphatic heterocycles. The SMILES string of the molecule is COCCCOc1ccc(Cl)cc1S(=O)(=O)N1CCC(C)(C(=O)O)C1. The molecule has 0 radical (unpaired) electrons. The van der Waals surface area contributed by atoms with Crippen molar-refractivity contribution in [1.29, 1.82) is 0 Å². The highest BCUT2D eigenvalue weighted by Crippen LogP contribution is 2.37. The van der Waals surface area contributed by atoms with E-state index in [9.17, 15) is 18.3 Å². The lowest BCUT2D eigenvalue weighted by atomic mass is 9.90. The highest BCUT2D eigenvalue weighted by molar-refractivity contribution is 7.89. The van der Waals surface area contributed by atoms with Crippen molar-refractivity contribution >= 4 is 27.6 Å². The van der Waals surface area contributed by atoms with Gasteiger partial charge in [0.15, 0.2) is 0 Å². The number of hydrogen-bond acceptors (Lipinski definition) is 5. The quantitative estimate of drug-likeness (QED) is 0.683. The average molecular weight is 392 g/mol. The van der Waals surface area contributed by atoms with Gasteiger partial charge in [-0.05, 0) is 31.5 Å². The zero-order valence-electron chi connectivity index (χ0n) is 14.2. The first-order valence-electron chi connectivity index (χ1n) is 7.85. The molecule has 0 aromatic heterocycles. The predicted octanol–water partition coefficient (Wildman–Crippen LogP) is 2.24. The molecule has 0 saturated carbocycles. The fourth-order valence-corrected chi connectivity index (χ4v) is 4.58. The van der Waals surface area contributed by atoms with E-state index in [0.29, 0.717) is 19.6 Å². The molecule has 1 aliphatic rings. The maximum atomic E-state index is 13.0. The van der Waals surface area contributed by atoms with Crippen LogP contribution in [-0.2, 0) is 19.6 Å². The largest absolute Gasteiger partial charge is 0.492 e. The van der Waals surface area contributed by atoms with Crippen LogP contribution in [0.3, 0.4) is 0 Å². The van der Waals surface area contributed by atoms with Gasteiger partial charge in [-0.25, -0.2) is 8.42 Å². The molecular weight excluding hydrogens is 370 g/mol. The van der Waals surface area contributed by atoms with Gasteiger partial charge in [-0.15, -0.1) is 0 Å². The first kappa shape index (κ1) is 20.0. The summed E-state index contributed by atoms with van der Waals surface area (Å²) < 4.78 is 37.6. The molecule has 1 N–H and O–H groups in total. The molecule has 1 fully saturated rings. The van der Waals surface area contributed by atoms with Gasteiger partial charge < -0.3 is 14.6 Å². The monoisotopic (exact) mass is 391 g/mol. The molecule has 1 aromatic rings. The van der Waals surface area contributed by atoms with Crippen molar-refractivity contribution in [3.63, 3.8) is 0 Å². The highest BCUT2D eigenvalue weighted by atomic mass is 35.5. The number of carboxylic acid groups (broad SMARTS) is 1. The molecule has 1 atom stereocenters. The second-order valence-electron chi connectivity index (χ2n) is 6.24. The van der Waals surface area contributed by atoms with Crippen LogP contribution in [0, 0.1) is 5.41 Å². The maximum absolute atomic E-state index is 13.0. The van der Waals surface area contributed by atoms with Gasteiger partial charge in [0, 0.05) is 38.2 Å². The number of rotatable bonds is 8. The fraction of sp³-hybridized carbons (Fsp3) is 0.562. The Morgan fingerprint density at radius 2 is 2.12 bits per heavy atom. The summed E-state index contributed by atoms with van der Waals surface area (Å²) in [7, 11) is -2.34. The van der Waals surface area contributed by atoms with E-state index in [0.717, 1.165) is 0 Å². The Kier molecular flexibility index (Phi) is 6.31. The number of hydrogen-bond donors (Lipinski definition) is 1. The zero-order chi connectivity index (χ0) is 18.7. The third-order valence-corrected chi connectivity index (χ3v) is 6.33. The number of carboxylic acids is 1. The third kappa shape index (κ3) is 4.44. The Morgan fingerprint density at radius 1 is 1.40 bits per heavy atom. The highest BCUT2D eigenvalue weighted by Gasteiger charge is 2.45. The van der Waals surface area contributed by atoms with E-state index in [-0.39, 0.29) is 35.2 Å². The summed E-state index contributed by atoms with van der Waals surface area (Å²) in [6.07, 6.45) is 0.867. The Hall–Kier alpha value is -1.35. The lowest BCUT2D eigenvalue weighted by Gasteiger charge is -2.21. The molecule has 1 aromatic carbocycles. The molecule has 0 aliphatic carbocycles. The van der Waals surface area contributed by atoms with Gasteiger partial charge in [-0.1, -0.05) is 11.6 Å². The normalized spacial score (nSPS) is 21.4. The number of carbonyl (C=O) groups is 1. The number of ether oxygens (including phenoxy) is 2. The van der Waals surface area contributed by atoms with Crippen LogP contribution in [0.1, 0.15) is 19.8 Å². The van der Waals surface area contributed by atoms with Crippen molar-refractivity contribution in [3.05, 3.63) is 23.2 Å². The second kappa shape index (κ2) is 7.90. The van der Waals surface area contributed by atoms with E-state index < -0.39 is 21.4 Å². The first-order valence-corrected chi connectivity index (χ1v) is 9.67. The van der Waals surface area contributed by atoms with Crippen LogP contribution < -0.4 is 4.74 Å². The van der Waals surface area contributed by atoms with Crippen molar-refractivity contribution in [2.75, 3.05) is 33.4 Å². The first-order chi connectivity index (χ1) is 11.7. The smallest absolute Gasteiger partial charge is 0.310 e. The molecule has 9 heteroatoms. The molecular formula is C16H22ClNO6S. The molecule has 1 unspecified atom stereocenters. The van der Waals surface area contributed by atoms with Crippen LogP contribution in [0.25, 0.3) is 0 Å². The van der Waals surface area contributed by atoms with Crippen LogP contribution in [0.15, 0.2) is 23.1 Å². The molecule has 1 heterocycles. The summed E-state index contributed by atoms with van der Waals surface area (Å²) in [6, 6.07) is 4.39.